The van der Waals surface area contributed by atoms with Crippen molar-refractivity contribution in [3.63, 3.8) is 0 Å². The van der Waals surface area contributed by atoms with E-state index in [4.69, 9.17) is 9.84 Å². The minimum atomic E-state index is -3.95. The van der Waals surface area contributed by atoms with Gasteiger partial charge in [0.15, 0.2) is 0 Å². The number of rotatable bonds is 7. The van der Waals surface area contributed by atoms with Crippen molar-refractivity contribution in [1.29, 1.82) is 0 Å². The topological polar surface area (TPSA) is 119 Å². The zero-order chi connectivity index (χ0) is 15.3. The fourth-order valence-electron chi connectivity index (χ4n) is 1.38. The molecule has 0 aromatic heterocycles. The van der Waals surface area contributed by atoms with Crippen LogP contribution in [-0.4, -0.2) is 38.7 Å². The van der Waals surface area contributed by atoms with Gasteiger partial charge in [-0.05, 0) is 12.0 Å². The first-order valence-electron chi connectivity index (χ1n) is 5.74. The van der Waals surface area contributed by atoms with Gasteiger partial charge in [0.2, 0.25) is 10.0 Å². The van der Waals surface area contributed by atoms with Crippen LogP contribution in [0.4, 0.5) is 5.69 Å². The number of non-ortho nitro benzene ring substituents is 1. The number of nitrogens with one attached hydrogen (secondary N) is 1. The van der Waals surface area contributed by atoms with E-state index in [1.807, 2.05) is 0 Å². The van der Waals surface area contributed by atoms with Gasteiger partial charge in [-0.15, -0.1) is 0 Å². The molecule has 0 bridgehead atoms. The molecule has 0 aliphatic rings. The number of nitro benzene ring substituents is 1. The SMILES string of the molecule is COc1ccc([N+](=O)[O-])cc1S(=O)(=O)NCC(C)CO. The first-order valence-corrected chi connectivity index (χ1v) is 7.23. The molecule has 1 unspecified atom stereocenters. The third-order valence-electron chi connectivity index (χ3n) is 2.58. The molecule has 0 amide bonds. The molecule has 0 spiro atoms. The number of nitrogens with zero attached hydrogens (tertiary/aromatic N) is 1. The van der Waals surface area contributed by atoms with Gasteiger partial charge in [0.25, 0.3) is 5.69 Å². The summed E-state index contributed by atoms with van der Waals surface area (Å²) in [4.78, 5) is 9.72. The van der Waals surface area contributed by atoms with Gasteiger partial charge in [-0.3, -0.25) is 10.1 Å². The predicted octanol–water partition coefficient (Wildman–Crippen LogP) is 0.510. The lowest BCUT2D eigenvalue weighted by Crippen LogP contribution is -2.30. The molecule has 9 heteroatoms. The highest BCUT2D eigenvalue weighted by molar-refractivity contribution is 7.89. The number of hydrogen-bond acceptors (Lipinski definition) is 6. The summed E-state index contributed by atoms with van der Waals surface area (Å²) in [6, 6.07) is 3.32. The summed E-state index contributed by atoms with van der Waals surface area (Å²) in [5.41, 5.74) is -0.346. The molecule has 1 rings (SSSR count). The van der Waals surface area contributed by atoms with Gasteiger partial charge in [0.05, 0.1) is 12.0 Å². The average Bonchev–Trinajstić information content (AvgIpc) is 2.43. The van der Waals surface area contributed by atoms with Crippen LogP contribution >= 0.6 is 0 Å². The molecule has 0 radical (unpaired) electrons. The van der Waals surface area contributed by atoms with E-state index in [0.29, 0.717) is 0 Å². The van der Waals surface area contributed by atoms with Crippen LogP contribution in [0.2, 0.25) is 0 Å². The molecule has 0 aliphatic carbocycles. The van der Waals surface area contributed by atoms with Crippen LogP contribution in [0, 0.1) is 16.0 Å². The largest absolute Gasteiger partial charge is 0.495 e. The molecule has 0 fully saturated rings. The smallest absolute Gasteiger partial charge is 0.271 e. The van der Waals surface area contributed by atoms with E-state index in [-0.39, 0.29) is 35.4 Å². The van der Waals surface area contributed by atoms with E-state index in [9.17, 15) is 18.5 Å². The Morgan fingerprint density at radius 2 is 2.15 bits per heavy atom. The van der Waals surface area contributed by atoms with E-state index in [0.717, 1.165) is 12.1 Å². The Bertz CT molecular complexity index is 587. The number of methoxy groups -OCH3 is 1. The van der Waals surface area contributed by atoms with Gasteiger partial charge < -0.3 is 9.84 Å². The van der Waals surface area contributed by atoms with Crippen LogP contribution in [0.25, 0.3) is 0 Å². The van der Waals surface area contributed by atoms with Gasteiger partial charge in [-0.2, -0.15) is 0 Å². The first kappa shape index (κ1) is 16.3. The highest BCUT2D eigenvalue weighted by Crippen LogP contribution is 2.27. The Morgan fingerprint density at radius 3 is 2.65 bits per heavy atom. The summed E-state index contributed by atoms with van der Waals surface area (Å²) in [5.74, 6) is -0.255. The Hall–Kier alpha value is -1.71. The van der Waals surface area contributed by atoms with Crippen molar-refractivity contribution in [2.75, 3.05) is 20.3 Å². The van der Waals surface area contributed by atoms with Crippen LogP contribution in [0.5, 0.6) is 5.75 Å². The molecular formula is C11H16N2O6S. The third-order valence-corrected chi connectivity index (χ3v) is 4.03. The second kappa shape index (κ2) is 6.64. The van der Waals surface area contributed by atoms with E-state index < -0.39 is 14.9 Å². The summed E-state index contributed by atoms with van der Waals surface area (Å²) in [6.07, 6.45) is 0. The van der Waals surface area contributed by atoms with Gasteiger partial charge >= 0.3 is 0 Å². The number of sulfonamides is 1. The summed E-state index contributed by atoms with van der Waals surface area (Å²) >= 11 is 0. The molecule has 0 aliphatic heterocycles. The molecule has 0 heterocycles. The van der Waals surface area contributed by atoms with Crippen molar-refractivity contribution >= 4 is 15.7 Å². The molecule has 1 aromatic carbocycles. The zero-order valence-electron chi connectivity index (χ0n) is 11.1. The minimum absolute atomic E-state index is 0.0137. The van der Waals surface area contributed by atoms with Crippen molar-refractivity contribution in [1.82, 2.24) is 4.72 Å². The normalized spacial score (nSPS) is 12.9. The molecule has 2 N–H and O–H groups in total. The number of nitro groups is 1. The molecule has 20 heavy (non-hydrogen) atoms. The first-order chi connectivity index (χ1) is 9.31. The molecule has 0 saturated carbocycles. The van der Waals surface area contributed by atoms with Crippen LogP contribution in [0.3, 0.4) is 0 Å². The number of aliphatic hydroxyl groups is 1. The van der Waals surface area contributed by atoms with E-state index in [1.54, 1.807) is 6.92 Å². The minimum Gasteiger partial charge on any atom is -0.495 e. The summed E-state index contributed by atoms with van der Waals surface area (Å²) < 4.78 is 31.4. The Morgan fingerprint density at radius 1 is 1.50 bits per heavy atom. The van der Waals surface area contributed by atoms with Crippen LogP contribution < -0.4 is 9.46 Å². The second-order valence-electron chi connectivity index (χ2n) is 4.23. The zero-order valence-corrected chi connectivity index (χ0v) is 11.9. The lowest BCUT2D eigenvalue weighted by molar-refractivity contribution is -0.385. The highest BCUT2D eigenvalue weighted by atomic mass is 32.2. The highest BCUT2D eigenvalue weighted by Gasteiger charge is 2.23. The second-order valence-corrected chi connectivity index (χ2v) is 5.97. The standard InChI is InChI=1S/C11H16N2O6S/c1-8(7-14)6-12-20(17,18)11-5-9(13(15)16)3-4-10(11)19-2/h3-5,8,12,14H,6-7H2,1-2H3. The number of hydrogen-bond donors (Lipinski definition) is 2. The molecule has 8 nitrogen and oxygen atoms in total. The van der Waals surface area contributed by atoms with Crippen molar-refractivity contribution in [2.45, 2.75) is 11.8 Å². The molecule has 1 atom stereocenters. The monoisotopic (exact) mass is 304 g/mol. The van der Waals surface area contributed by atoms with Crippen LogP contribution in [-0.2, 0) is 10.0 Å². The van der Waals surface area contributed by atoms with E-state index >= 15 is 0 Å². The Labute approximate surface area is 116 Å². The number of benzene rings is 1. The lowest BCUT2D eigenvalue weighted by Gasteiger charge is -2.12. The molecule has 112 valence electrons. The summed E-state index contributed by atoms with van der Waals surface area (Å²) in [7, 11) is -2.68. The van der Waals surface area contributed by atoms with Crippen LogP contribution in [0.1, 0.15) is 6.92 Å². The van der Waals surface area contributed by atoms with Crippen molar-refractivity contribution < 1.29 is 23.2 Å². The maximum atomic E-state index is 12.1. The van der Waals surface area contributed by atoms with E-state index in [2.05, 4.69) is 4.72 Å². The van der Waals surface area contributed by atoms with Crippen molar-refractivity contribution in [3.05, 3.63) is 28.3 Å². The summed E-state index contributed by atoms with van der Waals surface area (Å²) in [6.45, 7) is 1.51. The predicted molar refractivity (Wildman–Crippen MR) is 71.1 cm³/mol. The summed E-state index contributed by atoms with van der Waals surface area (Å²) in [5, 5.41) is 19.6. The van der Waals surface area contributed by atoms with Crippen molar-refractivity contribution in [3.8, 4) is 5.75 Å². The molecule has 1 aromatic rings. The maximum absolute atomic E-state index is 12.1. The molecule has 0 saturated heterocycles. The number of ether oxygens (including phenoxy) is 1. The fraction of sp³-hybridized carbons (Fsp3) is 0.455. The molecular weight excluding hydrogens is 288 g/mol. The van der Waals surface area contributed by atoms with E-state index in [1.165, 1.54) is 13.2 Å². The van der Waals surface area contributed by atoms with Crippen LogP contribution in [0.15, 0.2) is 23.1 Å². The van der Waals surface area contributed by atoms with Crippen molar-refractivity contribution in [2.24, 2.45) is 5.92 Å². The van der Waals surface area contributed by atoms with Gasteiger partial charge in [0.1, 0.15) is 10.6 Å². The number of aliphatic hydroxyl groups excluding tert-OH is 1. The third kappa shape index (κ3) is 3.89. The maximum Gasteiger partial charge on any atom is 0.271 e. The van der Waals surface area contributed by atoms with Gasteiger partial charge in [-0.1, -0.05) is 6.92 Å². The van der Waals surface area contributed by atoms with Gasteiger partial charge in [-0.25, -0.2) is 13.1 Å². The quantitative estimate of drug-likeness (QED) is 0.559. The average molecular weight is 304 g/mol. The Kier molecular flexibility index (Phi) is 5.43. The fourth-order valence-corrected chi connectivity index (χ4v) is 2.73. The van der Waals surface area contributed by atoms with Gasteiger partial charge in [0, 0.05) is 25.3 Å². The lowest BCUT2D eigenvalue weighted by atomic mass is 10.2. The Balaban J connectivity index is 3.14.